The first-order valence-corrected chi connectivity index (χ1v) is 8.75. The van der Waals surface area contributed by atoms with Crippen LogP contribution in [0.25, 0.3) is 0 Å². The van der Waals surface area contributed by atoms with E-state index in [2.05, 4.69) is 29.7 Å². The van der Waals surface area contributed by atoms with Gasteiger partial charge in [-0.2, -0.15) is 0 Å². The third-order valence-electron chi connectivity index (χ3n) is 4.65. The molecule has 2 aromatic carbocycles. The summed E-state index contributed by atoms with van der Waals surface area (Å²) < 4.78 is 5.03. The molecule has 2 rings (SSSR count). The fraction of sp³-hybridized carbons (Fsp3) is 0.381. The Hall–Kier alpha value is -2.17. The molecule has 0 radical (unpaired) electrons. The van der Waals surface area contributed by atoms with Gasteiger partial charge in [0, 0.05) is 24.9 Å². The zero-order valence-corrected chi connectivity index (χ0v) is 15.3. The van der Waals surface area contributed by atoms with Crippen molar-refractivity contribution in [1.82, 2.24) is 5.32 Å². The quantitative estimate of drug-likeness (QED) is 0.513. The van der Waals surface area contributed by atoms with Gasteiger partial charge in [0.25, 0.3) is 0 Å². The fourth-order valence-corrected chi connectivity index (χ4v) is 3.00. The second-order valence-corrected chi connectivity index (χ2v) is 6.17. The van der Waals surface area contributed by atoms with E-state index in [-0.39, 0.29) is 5.78 Å². The van der Waals surface area contributed by atoms with Gasteiger partial charge >= 0.3 is 0 Å². The number of hydrogen-bond donors (Lipinski definition) is 2. The summed E-state index contributed by atoms with van der Waals surface area (Å²) in [5, 5.41) is 6.55. The van der Waals surface area contributed by atoms with Crippen LogP contribution in [0.2, 0.25) is 0 Å². The van der Waals surface area contributed by atoms with Crippen molar-refractivity contribution in [2.45, 2.75) is 25.3 Å². The summed E-state index contributed by atoms with van der Waals surface area (Å²) in [6.07, 6.45) is 1.40. The highest BCUT2D eigenvalue weighted by Crippen LogP contribution is 2.23. The molecule has 0 bridgehead atoms. The molecule has 0 amide bonds. The van der Waals surface area contributed by atoms with Gasteiger partial charge in [-0.05, 0) is 49.7 Å². The second kappa shape index (κ2) is 9.35. The van der Waals surface area contributed by atoms with E-state index in [1.54, 1.807) is 7.11 Å². The number of anilines is 1. The van der Waals surface area contributed by atoms with Gasteiger partial charge in [0.05, 0.1) is 12.1 Å². The van der Waals surface area contributed by atoms with Crippen molar-refractivity contribution in [1.29, 1.82) is 0 Å². The molecule has 0 heterocycles. The summed E-state index contributed by atoms with van der Waals surface area (Å²) in [5.74, 6) is 0.129. The number of benzene rings is 2. The minimum Gasteiger partial charge on any atom is -0.383 e. The number of carbonyl (C=O) groups is 1. The van der Waals surface area contributed by atoms with Crippen LogP contribution in [0.15, 0.2) is 54.6 Å². The molecular formula is C21H28N2O2. The standard InChI is InChI=1S/C21H28N2O2/c1-4-21(22-2,16-17-8-6-5-7-9-17)20(24)18-10-12-19(13-11-18)23-14-15-25-3/h5-13,22-23H,4,14-16H2,1-3H3. The molecule has 4 nitrogen and oxygen atoms in total. The van der Waals surface area contributed by atoms with Crippen LogP contribution in [0.3, 0.4) is 0 Å². The normalized spacial score (nSPS) is 13.2. The van der Waals surface area contributed by atoms with Gasteiger partial charge in [-0.1, -0.05) is 37.3 Å². The molecule has 0 aliphatic heterocycles. The van der Waals surface area contributed by atoms with Crippen LogP contribution < -0.4 is 10.6 Å². The average Bonchev–Trinajstić information content (AvgIpc) is 2.67. The predicted molar refractivity (Wildman–Crippen MR) is 103 cm³/mol. The lowest BCUT2D eigenvalue weighted by Gasteiger charge is -2.31. The Morgan fingerprint density at radius 1 is 1.08 bits per heavy atom. The summed E-state index contributed by atoms with van der Waals surface area (Å²) in [7, 11) is 3.54. The topological polar surface area (TPSA) is 50.4 Å². The summed E-state index contributed by atoms with van der Waals surface area (Å²) >= 11 is 0. The number of hydrogen-bond acceptors (Lipinski definition) is 4. The van der Waals surface area contributed by atoms with E-state index in [4.69, 9.17) is 4.74 Å². The first kappa shape index (κ1) is 19.2. The van der Waals surface area contributed by atoms with Crippen LogP contribution in [0, 0.1) is 0 Å². The fourth-order valence-electron chi connectivity index (χ4n) is 3.00. The van der Waals surface area contributed by atoms with E-state index in [9.17, 15) is 4.79 Å². The number of methoxy groups -OCH3 is 1. The third-order valence-corrected chi connectivity index (χ3v) is 4.65. The third kappa shape index (κ3) is 4.91. The highest BCUT2D eigenvalue weighted by molar-refractivity contribution is 6.03. The number of ketones is 1. The Morgan fingerprint density at radius 3 is 2.32 bits per heavy atom. The molecule has 0 saturated heterocycles. The highest BCUT2D eigenvalue weighted by atomic mass is 16.5. The van der Waals surface area contributed by atoms with Crippen molar-refractivity contribution in [3.05, 3.63) is 65.7 Å². The van der Waals surface area contributed by atoms with Crippen molar-refractivity contribution in [2.75, 3.05) is 32.6 Å². The van der Waals surface area contributed by atoms with Gasteiger partial charge in [-0.15, -0.1) is 0 Å². The Bertz CT molecular complexity index is 649. The largest absolute Gasteiger partial charge is 0.383 e. The number of Topliss-reactive ketones (excluding diaryl/α,β-unsaturated/α-hetero) is 1. The van der Waals surface area contributed by atoms with E-state index in [0.29, 0.717) is 13.0 Å². The van der Waals surface area contributed by atoms with Crippen LogP contribution in [0.1, 0.15) is 29.3 Å². The van der Waals surface area contributed by atoms with Crippen molar-refractivity contribution < 1.29 is 9.53 Å². The van der Waals surface area contributed by atoms with Crippen LogP contribution >= 0.6 is 0 Å². The Balaban J connectivity index is 2.16. The summed E-state index contributed by atoms with van der Waals surface area (Å²) in [6, 6.07) is 17.8. The number of ether oxygens (including phenoxy) is 1. The smallest absolute Gasteiger partial charge is 0.183 e. The lowest BCUT2D eigenvalue weighted by atomic mass is 9.81. The van der Waals surface area contributed by atoms with E-state index in [1.165, 1.54) is 0 Å². The molecule has 4 heteroatoms. The van der Waals surface area contributed by atoms with Crippen molar-refractivity contribution in [2.24, 2.45) is 0 Å². The van der Waals surface area contributed by atoms with E-state index in [0.717, 1.165) is 29.8 Å². The van der Waals surface area contributed by atoms with Crippen molar-refractivity contribution in [3.63, 3.8) is 0 Å². The molecule has 134 valence electrons. The maximum Gasteiger partial charge on any atom is 0.183 e. The molecule has 2 aromatic rings. The van der Waals surface area contributed by atoms with Crippen molar-refractivity contribution >= 4 is 11.5 Å². The van der Waals surface area contributed by atoms with Gasteiger partial charge in [-0.3, -0.25) is 4.79 Å². The number of likely N-dealkylation sites (N-methyl/N-ethyl adjacent to an activating group) is 1. The van der Waals surface area contributed by atoms with E-state index in [1.807, 2.05) is 49.5 Å². The summed E-state index contributed by atoms with van der Waals surface area (Å²) in [6.45, 7) is 3.45. The Labute approximate surface area is 150 Å². The Morgan fingerprint density at radius 2 is 1.76 bits per heavy atom. The number of nitrogens with one attached hydrogen (secondary N) is 2. The molecule has 25 heavy (non-hydrogen) atoms. The molecule has 0 aliphatic carbocycles. The van der Waals surface area contributed by atoms with E-state index < -0.39 is 5.54 Å². The molecular weight excluding hydrogens is 312 g/mol. The monoisotopic (exact) mass is 340 g/mol. The number of rotatable bonds is 10. The first-order chi connectivity index (χ1) is 12.1. The van der Waals surface area contributed by atoms with E-state index >= 15 is 0 Å². The van der Waals surface area contributed by atoms with Crippen LogP contribution in [0.5, 0.6) is 0 Å². The van der Waals surface area contributed by atoms with Crippen LogP contribution in [0.4, 0.5) is 5.69 Å². The molecule has 1 unspecified atom stereocenters. The van der Waals surface area contributed by atoms with Crippen LogP contribution in [-0.4, -0.2) is 38.6 Å². The minimum absolute atomic E-state index is 0.129. The SMILES string of the molecule is CCC(Cc1ccccc1)(NC)C(=O)c1ccc(NCCOC)cc1. The zero-order valence-electron chi connectivity index (χ0n) is 15.3. The molecule has 0 spiro atoms. The molecule has 0 saturated carbocycles. The maximum absolute atomic E-state index is 13.2. The molecule has 0 fully saturated rings. The highest BCUT2D eigenvalue weighted by Gasteiger charge is 2.35. The van der Waals surface area contributed by atoms with Crippen LogP contribution in [-0.2, 0) is 11.2 Å². The van der Waals surface area contributed by atoms with Crippen molar-refractivity contribution in [3.8, 4) is 0 Å². The minimum atomic E-state index is -0.591. The Kier molecular flexibility index (Phi) is 7.16. The first-order valence-electron chi connectivity index (χ1n) is 8.75. The van der Waals surface area contributed by atoms with Gasteiger partial charge < -0.3 is 15.4 Å². The van der Waals surface area contributed by atoms with Gasteiger partial charge in [-0.25, -0.2) is 0 Å². The van der Waals surface area contributed by atoms with Gasteiger partial charge in [0.15, 0.2) is 5.78 Å². The summed E-state index contributed by atoms with van der Waals surface area (Å²) in [4.78, 5) is 13.2. The number of carbonyl (C=O) groups excluding carboxylic acids is 1. The predicted octanol–water partition coefficient (Wildman–Crippen LogP) is 3.54. The molecule has 1 atom stereocenters. The average molecular weight is 340 g/mol. The summed E-state index contributed by atoms with van der Waals surface area (Å²) in [5.41, 5.74) is 2.28. The maximum atomic E-state index is 13.2. The molecule has 2 N–H and O–H groups in total. The molecule has 0 aromatic heterocycles. The lowest BCUT2D eigenvalue weighted by molar-refractivity contribution is 0.0851. The second-order valence-electron chi connectivity index (χ2n) is 6.17. The molecule has 0 aliphatic rings. The van der Waals surface area contributed by atoms with Gasteiger partial charge in [0.2, 0.25) is 0 Å². The zero-order chi connectivity index (χ0) is 18.1. The van der Waals surface area contributed by atoms with Gasteiger partial charge in [0.1, 0.15) is 0 Å². The lowest BCUT2D eigenvalue weighted by Crippen LogP contribution is -2.51.